The van der Waals surface area contributed by atoms with Gasteiger partial charge in [0.1, 0.15) is 17.6 Å². The molecule has 3 amide bonds. The highest BCUT2D eigenvalue weighted by molar-refractivity contribution is 6.55. The lowest BCUT2D eigenvalue weighted by Gasteiger charge is -2.49. The first-order chi connectivity index (χ1) is 17.2. The first-order valence-corrected chi connectivity index (χ1v) is 12.2. The maximum absolute atomic E-state index is 13.6. The van der Waals surface area contributed by atoms with Crippen LogP contribution < -0.4 is 9.64 Å². The summed E-state index contributed by atoms with van der Waals surface area (Å²) >= 11 is 24.8. The third kappa shape index (κ3) is 3.65. The fourth-order valence-corrected chi connectivity index (χ4v) is 5.51. The highest BCUT2D eigenvalue weighted by Gasteiger charge is 2.58. The number of ether oxygens (including phenoxy) is 1. The van der Waals surface area contributed by atoms with E-state index < -0.39 is 35.6 Å². The van der Waals surface area contributed by atoms with Crippen molar-refractivity contribution in [3.05, 3.63) is 91.1 Å². The maximum atomic E-state index is 13.6. The van der Waals surface area contributed by atoms with Crippen molar-refractivity contribution in [1.82, 2.24) is 4.90 Å². The Hall–Kier alpha value is -2.84. The van der Waals surface area contributed by atoms with E-state index in [1.807, 2.05) is 6.92 Å². The summed E-state index contributed by atoms with van der Waals surface area (Å²) in [6.45, 7) is 2.31. The summed E-state index contributed by atoms with van der Waals surface area (Å²) in [5.74, 6) is -2.03. The van der Waals surface area contributed by atoms with Crippen molar-refractivity contribution >= 4 is 69.8 Å². The minimum Gasteiger partial charge on any atom is -0.494 e. The molecule has 0 bridgehead atoms. The molecule has 2 atom stereocenters. The molecule has 1 saturated heterocycles. The Morgan fingerprint density at radius 2 is 1.28 bits per heavy atom. The van der Waals surface area contributed by atoms with Crippen LogP contribution >= 0.6 is 46.4 Å². The first kappa shape index (κ1) is 24.8. The quantitative estimate of drug-likeness (QED) is 0.151. The summed E-state index contributed by atoms with van der Waals surface area (Å²) in [6, 6.07) is 10.2. The van der Waals surface area contributed by atoms with Gasteiger partial charge < -0.3 is 9.64 Å². The minimum absolute atomic E-state index is 0.166. The summed E-state index contributed by atoms with van der Waals surface area (Å²) in [4.78, 5) is 42.6. The number of amides is 3. The van der Waals surface area contributed by atoms with E-state index >= 15 is 0 Å². The number of hydrogen-bond acceptors (Lipinski definition) is 4. The van der Waals surface area contributed by atoms with Crippen molar-refractivity contribution in [2.75, 3.05) is 11.5 Å². The second kappa shape index (κ2) is 9.23. The molecule has 0 radical (unpaired) electrons. The molecule has 1 fully saturated rings. The molecular formula is C25H15Cl4FN2O4. The molecule has 5 rings (SSSR count). The van der Waals surface area contributed by atoms with Crippen LogP contribution in [-0.4, -0.2) is 35.3 Å². The number of β-lactam (4-membered cyclic amide) rings is 1. The fourth-order valence-electron chi connectivity index (χ4n) is 4.49. The molecule has 2 heterocycles. The normalized spacial score (nSPS) is 19.0. The number of nitrogens with zero attached hydrogens (tertiary/aromatic N) is 2. The number of rotatable bonds is 5. The van der Waals surface area contributed by atoms with Crippen LogP contribution in [0, 0.1) is 5.82 Å². The highest BCUT2D eigenvalue weighted by atomic mass is 35.5. The van der Waals surface area contributed by atoms with Crippen LogP contribution in [0.3, 0.4) is 0 Å². The molecular weight excluding hydrogens is 553 g/mol. The minimum atomic E-state index is -1.22. The van der Waals surface area contributed by atoms with Gasteiger partial charge in [0.25, 0.3) is 17.7 Å². The average molecular weight is 568 g/mol. The van der Waals surface area contributed by atoms with Crippen molar-refractivity contribution < 1.29 is 23.5 Å². The second-order valence-corrected chi connectivity index (χ2v) is 9.57. The lowest BCUT2D eigenvalue weighted by molar-refractivity contribution is -0.130. The molecule has 0 aromatic heterocycles. The van der Waals surface area contributed by atoms with E-state index in [9.17, 15) is 18.8 Å². The predicted molar refractivity (Wildman–Crippen MR) is 135 cm³/mol. The number of fused-ring (bicyclic) bond motifs is 1. The first-order valence-electron chi connectivity index (χ1n) is 10.7. The molecule has 11 heteroatoms. The third-order valence-electron chi connectivity index (χ3n) is 6.12. The standard InChI is InChI=1S/C25H15Cl4FN2O4/c1-2-36-14-9-3-11(4-10-14)21-22(25(35)31(21)13-7-5-12(30)6-8-13)32-23(33)15-16(24(32)34)18(27)20(29)19(28)17(15)26/h3-10,21-22H,2H2,1H3. The Morgan fingerprint density at radius 3 is 1.78 bits per heavy atom. The summed E-state index contributed by atoms with van der Waals surface area (Å²) < 4.78 is 19.1. The van der Waals surface area contributed by atoms with E-state index in [0.717, 1.165) is 4.90 Å². The second-order valence-electron chi connectivity index (χ2n) is 8.06. The maximum Gasteiger partial charge on any atom is 0.264 e. The van der Waals surface area contributed by atoms with Crippen LogP contribution in [0.5, 0.6) is 5.75 Å². The topological polar surface area (TPSA) is 66.9 Å². The molecule has 6 nitrogen and oxygen atoms in total. The van der Waals surface area contributed by atoms with Gasteiger partial charge in [-0.3, -0.25) is 19.3 Å². The molecule has 0 saturated carbocycles. The number of imide groups is 1. The molecule has 3 aromatic rings. The smallest absolute Gasteiger partial charge is 0.264 e. The van der Waals surface area contributed by atoms with Crippen molar-refractivity contribution in [2.45, 2.75) is 19.0 Å². The molecule has 184 valence electrons. The molecule has 0 N–H and O–H groups in total. The monoisotopic (exact) mass is 566 g/mol. The van der Waals surface area contributed by atoms with E-state index in [0.29, 0.717) is 23.6 Å². The summed E-state index contributed by atoms with van der Waals surface area (Å²) in [7, 11) is 0. The number of benzene rings is 3. The Kier molecular flexibility index (Phi) is 6.37. The molecule has 2 unspecified atom stereocenters. The Bertz CT molecular complexity index is 1380. The lowest BCUT2D eigenvalue weighted by Crippen LogP contribution is -2.67. The van der Waals surface area contributed by atoms with Gasteiger partial charge >= 0.3 is 0 Å². The van der Waals surface area contributed by atoms with Gasteiger partial charge in [-0.25, -0.2) is 4.39 Å². The zero-order valence-electron chi connectivity index (χ0n) is 18.4. The van der Waals surface area contributed by atoms with E-state index in [2.05, 4.69) is 0 Å². The van der Waals surface area contributed by atoms with Crippen LogP contribution in [0.2, 0.25) is 20.1 Å². The number of carbonyl (C=O) groups excluding carboxylic acids is 3. The summed E-state index contributed by atoms with van der Waals surface area (Å²) in [6.07, 6.45) is 0. The van der Waals surface area contributed by atoms with Gasteiger partial charge in [-0.1, -0.05) is 58.5 Å². The van der Waals surface area contributed by atoms with Gasteiger partial charge in [-0.2, -0.15) is 0 Å². The van der Waals surface area contributed by atoms with Gasteiger partial charge in [0.2, 0.25) is 0 Å². The van der Waals surface area contributed by atoms with E-state index in [1.165, 1.54) is 29.2 Å². The van der Waals surface area contributed by atoms with Gasteiger partial charge in [-0.05, 0) is 48.9 Å². The zero-order valence-corrected chi connectivity index (χ0v) is 21.4. The molecule has 36 heavy (non-hydrogen) atoms. The SMILES string of the molecule is CCOc1ccc(C2C(N3C(=O)c4c(Cl)c(Cl)c(Cl)c(Cl)c4C3=O)C(=O)N2c2ccc(F)cc2)cc1. The van der Waals surface area contributed by atoms with Gasteiger partial charge in [-0.15, -0.1) is 0 Å². The van der Waals surface area contributed by atoms with E-state index in [4.69, 9.17) is 51.1 Å². The Labute approximate surface area is 225 Å². The van der Waals surface area contributed by atoms with Gasteiger partial charge in [0, 0.05) is 5.69 Å². The van der Waals surface area contributed by atoms with Crippen LogP contribution in [-0.2, 0) is 4.79 Å². The largest absolute Gasteiger partial charge is 0.494 e. The Balaban J connectivity index is 1.60. The average Bonchev–Trinajstić information content (AvgIpc) is 3.12. The van der Waals surface area contributed by atoms with Crippen molar-refractivity contribution in [3.63, 3.8) is 0 Å². The number of halogens is 5. The molecule has 0 spiro atoms. The molecule has 0 aliphatic carbocycles. The fraction of sp³-hybridized carbons (Fsp3) is 0.160. The van der Waals surface area contributed by atoms with Gasteiger partial charge in [0.15, 0.2) is 0 Å². The molecule has 2 aliphatic heterocycles. The summed E-state index contributed by atoms with van der Waals surface area (Å²) in [5.41, 5.74) is 0.603. The number of carbonyl (C=O) groups is 3. The lowest BCUT2D eigenvalue weighted by atomic mass is 9.86. The highest BCUT2D eigenvalue weighted by Crippen LogP contribution is 2.49. The molecule has 3 aromatic carbocycles. The predicted octanol–water partition coefficient (Wildman–Crippen LogP) is 6.59. The van der Waals surface area contributed by atoms with E-state index in [-0.39, 0.29) is 31.2 Å². The Morgan fingerprint density at radius 1 is 0.750 bits per heavy atom. The number of hydrogen-bond donors (Lipinski definition) is 0. The summed E-state index contributed by atoms with van der Waals surface area (Å²) in [5, 5.41) is -0.773. The van der Waals surface area contributed by atoms with Crippen LogP contribution in [0.1, 0.15) is 39.2 Å². The van der Waals surface area contributed by atoms with Crippen LogP contribution in [0.4, 0.5) is 10.1 Å². The zero-order chi connectivity index (χ0) is 25.9. The molecule has 2 aliphatic rings. The van der Waals surface area contributed by atoms with E-state index in [1.54, 1.807) is 24.3 Å². The van der Waals surface area contributed by atoms with Crippen LogP contribution in [0.15, 0.2) is 48.5 Å². The van der Waals surface area contributed by atoms with Crippen molar-refractivity contribution in [1.29, 1.82) is 0 Å². The van der Waals surface area contributed by atoms with Crippen LogP contribution in [0.25, 0.3) is 0 Å². The van der Waals surface area contributed by atoms with Crippen molar-refractivity contribution in [3.8, 4) is 5.75 Å². The van der Waals surface area contributed by atoms with Gasteiger partial charge in [0.05, 0.1) is 43.9 Å². The third-order valence-corrected chi connectivity index (χ3v) is 7.92. The number of anilines is 1. The van der Waals surface area contributed by atoms with Crippen molar-refractivity contribution in [2.24, 2.45) is 0 Å².